The van der Waals surface area contributed by atoms with Crippen LogP contribution in [-0.4, -0.2) is 11.0 Å². The first kappa shape index (κ1) is 14.6. The maximum atomic E-state index is 11.1. The minimum atomic E-state index is -0.300. The fraction of sp³-hybridized carbons (Fsp3) is 0.571. The van der Waals surface area contributed by atoms with E-state index in [1.165, 1.54) is 25.7 Å². The average molecular weight is 374 g/mol. The summed E-state index contributed by atoms with van der Waals surface area (Å²) in [5.41, 5.74) is 0.840. The minimum absolute atomic E-state index is 0.184. The fourth-order valence-electron chi connectivity index (χ4n) is 2.69. The molecule has 0 saturated heterocycles. The zero-order valence-electron chi connectivity index (χ0n) is 11.1. The first-order valence-electron chi connectivity index (χ1n) is 6.78. The van der Waals surface area contributed by atoms with Gasteiger partial charge in [0.15, 0.2) is 0 Å². The van der Waals surface area contributed by atoms with Crippen molar-refractivity contribution in [2.45, 2.75) is 45.1 Å². The Labute approximate surface area is 127 Å². The van der Waals surface area contributed by atoms with Crippen molar-refractivity contribution in [2.24, 2.45) is 5.92 Å². The molecule has 0 heterocycles. The van der Waals surface area contributed by atoms with Crippen molar-refractivity contribution >= 4 is 34.0 Å². The van der Waals surface area contributed by atoms with Crippen LogP contribution in [0.15, 0.2) is 18.2 Å². The van der Waals surface area contributed by atoms with Gasteiger partial charge in [0.25, 0.3) is 5.69 Å². The number of rotatable bonds is 3. The van der Waals surface area contributed by atoms with Crippen molar-refractivity contribution in [3.05, 3.63) is 31.9 Å². The largest absolute Gasteiger partial charge is 0.376 e. The molecule has 1 fully saturated rings. The van der Waals surface area contributed by atoms with Crippen LogP contribution in [0.1, 0.15) is 39.0 Å². The summed E-state index contributed by atoms with van der Waals surface area (Å²) in [5.74, 6) is 0.571. The monoisotopic (exact) mass is 374 g/mol. The highest BCUT2D eigenvalue weighted by Gasteiger charge is 2.23. The van der Waals surface area contributed by atoms with Gasteiger partial charge in [-0.2, -0.15) is 0 Å². The molecule has 0 bridgehead atoms. The van der Waals surface area contributed by atoms with Gasteiger partial charge in [0.05, 0.1) is 4.92 Å². The molecule has 1 aliphatic carbocycles. The summed E-state index contributed by atoms with van der Waals surface area (Å²) in [6.45, 7) is 2.24. The van der Waals surface area contributed by atoms with Crippen LogP contribution in [0, 0.1) is 19.6 Å². The summed E-state index contributed by atoms with van der Waals surface area (Å²) in [6, 6.07) is 5.72. The maximum absolute atomic E-state index is 11.1. The average Bonchev–Trinajstić information content (AvgIpc) is 2.57. The highest BCUT2D eigenvalue weighted by Crippen LogP contribution is 2.31. The predicted octanol–water partition coefficient (Wildman–Crippen LogP) is 4.58. The minimum Gasteiger partial charge on any atom is -0.376 e. The van der Waals surface area contributed by atoms with Gasteiger partial charge in [-0.1, -0.05) is 26.2 Å². The van der Waals surface area contributed by atoms with Gasteiger partial charge in [-0.25, -0.2) is 0 Å². The SMILES string of the molecule is CC1CCCCCC1Nc1ccc(I)cc1[N+](=O)[O-]. The second-order valence-corrected chi connectivity index (χ2v) is 6.53. The van der Waals surface area contributed by atoms with Crippen LogP contribution in [0.2, 0.25) is 0 Å². The Hall–Kier alpha value is -0.850. The molecule has 0 spiro atoms. The number of nitrogens with one attached hydrogen (secondary N) is 1. The molecule has 0 radical (unpaired) electrons. The summed E-state index contributed by atoms with van der Waals surface area (Å²) in [6.07, 6.45) is 6.06. The first-order chi connectivity index (χ1) is 9.08. The second-order valence-electron chi connectivity index (χ2n) is 5.28. The number of nitro groups is 1. The van der Waals surface area contributed by atoms with E-state index in [1.807, 2.05) is 12.1 Å². The van der Waals surface area contributed by atoms with Crippen molar-refractivity contribution in [1.29, 1.82) is 0 Å². The lowest BCUT2D eigenvalue weighted by Gasteiger charge is -2.23. The number of hydrogen-bond donors (Lipinski definition) is 1. The van der Waals surface area contributed by atoms with E-state index < -0.39 is 0 Å². The van der Waals surface area contributed by atoms with Crippen molar-refractivity contribution in [1.82, 2.24) is 0 Å². The summed E-state index contributed by atoms with van der Waals surface area (Å²) >= 11 is 2.10. The number of nitrogens with zero attached hydrogens (tertiary/aromatic N) is 1. The number of halogens is 1. The van der Waals surface area contributed by atoms with Gasteiger partial charge in [-0.15, -0.1) is 0 Å². The lowest BCUT2D eigenvalue weighted by atomic mass is 9.96. The molecule has 1 aromatic rings. The lowest BCUT2D eigenvalue weighted by molar-refractivity contribution is -0.384. The van der Waals surface area contributed by atoms with E-state index in [0.717, 1.165) is 9.99 Å². The molecule has 1 N–H and O–H groups in total. The topological polar surface area (TPSA) is 55.2 Å². The Kier molecular flexibility index (Phi) is 5.01. The third kappa shape index (κ3) is 3.81. The van der Waals surface area contributed by atoms with Crippen molar-refractivity contribution in [2.75, 3.05) is 5.32 Å². The van der Waals surface area contributed by atoms with Crippen molar-refractivity contribution in [3.8, 4) is 0 Å². The van der Waals surface area contributed by atoms with E-state index in [-0.39, 0.29) is 10.6 Å². The first-order valence-corrected chi connectivity index (χ1v) is 7.86. The van der Waals surface area contributed by atoms with Gasteiger partial charge in [-0.3, -0.25) is 10.1 Å². The van der Waals surface area contributed by atoms with Crippen LogP contribution in [-0.2, 0) is 0 Å². The molecule has 0 aliphatic heterocycles. The third-order valence-corrected chi connectivity index (χ3v) is 4.53. The van der Waals surface area contributed by atoms with Gasteiger partial charge in [0, 0.05) is 15.7 Å². The number of hydrogen-bond acceptors (Lipinski definition) is 3. The predicted molar refractivity (Wildman–Crippen MR) is 85.5 cm³/mol. The smallest absolute Gasteiger partial charge is 0.293 e. The molecular formula is C14H19IN2O2. The Morgan fingerprint density at radius 1 is 1.32 bits per heavy atom. The van der Waals surface area contributed by atoms with Crippen molar-refractivity contribution in [3.63, 3.8) is 0 Å². The molecule has 2 rings (SSSR count). The Morgan fingerprint density at radius 3 is 2.79 bits per heavy atom. The molecule has 2 unspecified atom stereocenters. The normalized spacial score (nSPS) is 23.7. The van der Waals surface area contributed by atoms with Gasteiger partial charge >= 0.3 is 0 Å². The molecule has 5 heteroatoms. The zero-order valence-corrected chi connectivity index (χ0v) is 13.2. The van der Waals surface area contributed by atoms with Crippen LogP contribution < -0.4 is 5.32 Å². The van der Waals surface area contributed by atoms with Crippen LogP contribution in [0.5, 0.6) is 0 Å². The molecule has 104 valence electrons. The number of benzene rings is 1. The van der Waals surface area contributed by atoms with E-state index in [1.54, 1.807) is 6.07 Å². The Bertz CT molecular complexity index is 465. The van der Waals surface area contributed by atoms with Crippen molar-refractivity contribution < 1.29 is 4.92 Å². The molecule has 2 atom stereocenters. The summed E-state index contributed by atoms with van der Waals surface area (Å²) in [5, 5.41) is 14.5. The molecule has 0 amide bonds. The van der Waals surface area contributed by atoms with Crippen LogP contribution in [0.3, 0.4) is 0 Å². The second kappa shape index (κ2) is 6.54. The summed E-state index contributed by atoms with van der Waals surface area (Å²) in [4.78, 5) is 10.8. The number of anilines is 1. The summed E-state index contributed by atoms with van der Waals surface area (Å²) < 4.78 is 0.892. The van der Waals surface area contributed by atoms with Crippen LogP contribution in [0.4, 0.5) is 11.4 Å². The third-order valence-electron chi connectivity index (χ3n) is 3.86. The lowest BCUT2D eigenvalue weighted by Crippen LogP contribution is -2.26. The van der Waals surface area contributed by atoms with E-state index in [2.05, 4.69) is 34.8 Å². The van der Waals surface area contributed by atoms with E-state index in [0.29, 0.717) is 17.6 Å². The fourth-order valence-corrected chi connectivity index (χ4v) is 3.16. The van der Waals surface area contributed by atoms with Gasteiger partial charge in [0.1, 0.15) is 5.69 Å². The van der Waals surface area contributed by atoms with Crippen LogP contribution >= 0.6 is 22.6 Å². The highest BCUT2D eigenvalue weighted by molar-refractivity contribution is 14.1. The summed E-state index contributed by atoms with van der Waals surface area (Å²) in [7, 11) is 0. The van der Waals surface area contributed by atoms with Gasteiger partial charge < -0.3 is 5.32 Å². The molecule has 4 nitrogen and oxygen atoms in total. The highest BCUT2D eigenvalue weighted by atomic mass is 127. The van der Waals surface area contributed by atoms with E-state index >= 15 is 0 Å². The maximum Gasteiger partial charge on any atom is 0.293 e. The standard InChI is InChI=1S/C14H19IN2O2/c1-10-5-3-2-4-6-12(10)16-13-8-7-11(15)9-14(13)17(18)19/h7-10,12,16H,2-6H2,1H3. The van der Waals surface area contributed by atoms with Gasteiger partial charge in [0.2, 0.25) is 0 Å². The van der Waals surface area contributed by atoms with Crippen LogP contribution in [0.25, 0.3) is 0 Å². The van der Waals surface area contributed by atoms with Gasteiger partial charge in [-0.05, 0) is 53.5 Å². The molecule has 1 aromatic carbocycles. The molecule has 0 aromatic heterocycles. The Morgan fingerprint density at radius 2 is 2.05 bits per heavy atom. The quantitative estimate of drug-likeness (QED) is 0.365. The molecule has 1 saturated carbocycles. The molecule has 19 heavy (non-hydrogen) atoms. The van der Waals surface area contributed by atoms with E-state index in [4.69, 9.17) is 0 Å². The van der Waals surface area contributed by atoms with E-state index in [9.17, 15) is 10.1 Å². The molecule has 1 aliphatic rings. The Balaban J connectivity index is 2.19. The zero-order chi connectivity index (χ0) is 13.8. The number of nitro benzene ring substituents is 1. The molecular weight excluding hydrogens is 355 g/mol.